The maximum absolute atomic E-state index is 13.5. The summed E-state index contributed by atoms with van der Waals surface area (Å²) < 4.78 is 0. The fraction of sp³-hybridized carbons (Fsp3) is 0.233. The second-order valence-electron chi connectivity index (χ2n) is 9.86. The van der Waals surface area contributed by atoms with Gasteiger partial charge in [-0.2, -0.15) is 0 Å². The van der Waals surface area contributed by atoms with E-state index in [0.29, 0.717) is 34.1 Å². The van der Waals surface area contributed by atoms with E-state index in [0.717, 1.165) is 60.4 Å². The van der Waals surface area contributed by atoms with Gasteiger partial charge in [-0.1, -0.05) is 31.2 Å². The van der Waals surface area contributed by atoms with E-state index in [-0.39, 0.29) is 5.91 Å². The number of hydrogen-bond donors (Lipinski definition) is 4. The van der Waals surface area contributed by atoms with E-state index in [4.69, 9.17) is 10.7 Å². The van der Waals surface area contributed by atoms with Crippen LogP contribution in [0.15, 0.2) is 66.7 Å². The molecule has 3 heterocycles. The number of primary amides is 1. The summed E-state index contributed by atoms with van der Waals surface area (Å²) >= 11 is 0. The SMILES string of the molecule is CCN1CCC(Nc2ccc3c(c2)/C(=C(\c2cccc(C(N)=O)c2)c2nc4ccccc4[nH]2)C(=O)N3)CC1. The van der Waals surface area contributed by atoms with Gasteiger partial charge in [0, 0.05) is 47.2 Å². The van der Waals surface area contributed by atoms with E-state index < -0.39 is 5.91 Å². The molecule has 0 radical (unpaired) electrons. The highest BCUT2D eigenvalue weighted by atomic mass is 16.2. The standard InChI is InChI=1S/C30H30N6O2/c1-2-36-14-12-20(13-15-36)32-21-10-11-23-22(17-21)27(30(38)35-23)26(18-6-5-7-19(16-18)28(31)37)29-33-24-8-3-4-9-25(24)34-29/h3-11,16-17,20,32H,2,12-15H2,1H3,(H2,31,37)(H,33,34)(H,35,38)/b27-26-. The first-order valence-electron chi connectivity index (χ1n) is 13.0. The number of rotatable bonds is 6. The number of nitrogens with two attached hydrogens (primary N) is 1. The minimum atomic E-state index is -0.530. The number of nitrogens with zero attached hydrogens (tertiary/aromatic N) is 2. The van der Waals surface area contributed by atoms with Crippen molar-refractivity contribution >= 4 is 45.4 Å². The molecule has 0 bridgehead atoms. The Bertz CT molecular complexity index is 1550. The van der Waals surface area contributed by atoms with Gasteiger partial charge in [-0.25, -0.2) is 4.98 Å². The molecule has 2 aliphatic heterocycles. The third kappa shape index (κ3) is 4.43. The molecule has 192 valence electrons. The predicted octanol–water partition coefficient (Wildman–Crippen LogP) is 4.47. The highest BCUT2D eigenvalue weighted by molar-refractivity contribution is 6.38. The molecule has 1 aromatic heterocycles. The van der Waals surface area contributed by atoms with Gasteiger partial charge in [0.2, 0.25) is 5.91 Å². The number of para-hydroxylation sites is 2. The van der Waals surface area contributed by atoms with Crippen LogP contribution in [0.4, 0.5) is 11.4 Å². The number of aromatic nitrogens is 2. The van der Waals surface area contributed by atoms with Crippen molar-refractivity contribution in [1.82, 2.24) is 14.9 Å². The highest BCUT2D eigenvalue weighted by Crippen LogP contribution is 2.41. The molecule has 0 atom stereocenters. The normalized spacial score (nSPS) is 17.3. The second-order valence-corrected chi connectivity index (χ2v) is 9.86. The van der Waals surface area contributed by atoms with Gasteiger partial charge in [0.05, 0.1) is 16.6 Å². The van der Waals surface area contributed by atoms with Crippen LogP contribution < -0.4 is 16.4 Å². The molecule has 1 fully saturated rings. The van der Waals surface area contributed by atoms with Crippen LogP contribution >= 0.6 is 0 Å². The summed E-state index contributed by atoms with van der Waals surface area (Å²) in [6.07, 6.45) is 2.16. The summed E-state index contributed by atoms with van der Waals surface area (Å²) in [4.78, 5) is 36.2. The Morgan fingerprint density at radius 1 is 1.05 bits per heavy atom. The van der Waals surface area contributed by atoms with E-state index in [9.17, 15) is 9.59 Å². The molecule has 4 aromatic rings. The third-order valence-electron chi connectivity index (χ3n) is 7.48. The monoisotopic (exact) mass is 506 g/mol. The van der Waals surface area contributed by atoms with Crippen LogP contribution in [0, 0.1) is 0 Å². The lowest BCUT2D eigenvalue weighted by Crippen LogP contribution is -2.38. The summed E-state index contributed by atoms with van der Waals surface area (Å²) in [5.41, 5.74) is 11.9. The van der Waals surface area contributed by atoms with Crippen LogP contribution in [-0.4, -0.2) is 52.4 Å². The zero-order chi connectivity index (χ0) is 26.2. The van der Waals surface area contributed by atoms with Crippen LogP contribution in [0.1, 0.15) is 47.1 Å². The zero-order valence-corrected chi connectivity index (χ0v) is 21.3. The first kappa shape index (κ1) is 23.9. The molecular weight excluding hydrogens is 476 g/mol. The Kier molecular flexibility index (Phi) is 6.17. The van der Waals surface area contributed by atoms with Gasteiger partial charge in [-0.05, 0) is 67.4 Å². The number of likely N-dealkylation sites (tertiary alicyclic amines) is 1. The molecule has 8 heteroatoms. The van der Waals surface area contributed by atoms with Crippen molar-refractivity contribution in [3.05, 3.63) is 89.2 Å². The van der Waals surface area contributed by atoms with Crippen LogP contribution in [0.2, 0.25) is 0 Å². The smallest absolute Gasteiger partial charge is 0.257 e. The number of aromatic amines is 1. The number of anilines is 2. The van der Waals surface area contributed by atoms with Crippen molar-refractivity contribution in [1.29, 1.82) is 0 Å². The number of amides is 2. The molecule has 2 amide bonds. The fourth-order valence-corrected chi connectivity index (χ4v) is 5.43. The van der Waals surface area contributed by atoms with Crippen molar-refractivity contribution in [3.63, 3.8) is 0 Å². The van der Waals surface area contributed by atoms with Gasteiger partial charge < -0.3 is 26.3 Å². The van der Waals surface area contributed by atoms with E-state index in [1.165, 1.54) is 0 Å². The summed E-state index contributed by atoms with van der Waals surface area (Å²) in [6, 6.07) is 21.1. The minimum Gasteiger partial charge on any atom is -0.382 e. The Labute approximate surface area is 220 Å². The van der Waals surface area contributed by atoms with Crippen molar-refractivity contribution in [3.8, 4) is 0 Å². The fourth-order valence-electron chi connectivity index (χ4n) is 5.43. The predicted molar refractivity (Wildman–Crippen MR) is 151 cm³/mol. The number of fused-ring (bicyclic) bond motifs is 2. The van der Waals surface area contributed by atoms with Crippen LogP contribution in [-0.2, 0) is 4.79 Å². The molecule has 1 saturated heterocycles. The summed E-state index contributed by atoms with van der Waals surface area (Å²) in [7, 11) is 0. The number of imidazole rings is 1. The molecule has 0 saturated carbocycles. The van der Waals surface area contributed by atoms with E-state index in [2.05, 4.69) is 27.4 Å². The van der Waals surface area contributed by atoms with Gasteiger partial charge >= 0.3 is 0 Å². The Hall–Kier alpha value is -4.43. The van der Waals surface area contributed by atoms with Crippen molar-refractivity contribution in [2.24, 2.45) is 5.73 Å². The maximum Gasteiger partial charge on any atom is 0.257 e. The summed E-state index contributed by atoms with van der Waals surface area (Å²) in [5.74, 6) is -0.192. The van der Waals surface area contributed by atoms with Gasteiger partial charge in [0.1, 0.15) is 5.82 Å². The summed E-state index contributed by atoms with van der Waals surface area (Å²) in [5, 5.41) is 6.70. The number of carbonyl (C=O) groups excluding carboxylic acids is 2. The zero-order valence-electron chi connectivity index (χ0n) is 21.3. The third-order valence-corrected chi connectivity index (χ3v) is 7.48. The number of carbonyl (C=O) groups is 2. The van der Waals surface area contributed by atoms with Crippen LogP contribution in [0.25, 0.3) is 22.2 Å². The Morgan fingerprint density at radius 3 is 2.61 bits per heavy atom. The molecule has 6 rings (SSSR count). The molecule has 5 N–H and O–H groups in total. The number of H-pyrrole nitrogens is 1. The topological polar surface area (TPSA) is 116 Å². The molecule has 38 heavy (non-hydrogen) atoms. The van der Waals surface area contributed by atoms with E-state index in [1.54, 1.807) is 18.2 Å². The maximum atomic E-state index is 13.5. The lowest BCUT2D eigenvalue weighted by atomic mass is 9.93. The number of hydrogen-bond acceptors (Lipinski definition) is 5. The molecule has 2 aliphatic rings. The van der Waals surface area contributed by atoms with E-state index in [1.807, 2.05) is 48.5 Å². The van der Waals surface area contributed by atoms with E-state index >= 15 is 0 Å². The largest absolute Gasteiger partial charge is 0.382 e. The van der Waals surface area contributed by atoms with Gasteiger partial charge in [-0.15, -0.1) is 0 Å². The molecule has 8 nitrogen and oxygen atoms in total. The minimum absolute atomic E-state index is 0.215. The van der Waals surface area contributed by atoms with Gasteiger partial charge in [-0.3, -0.25) is 9.59 Å². The van der Waals surface area contributed by atoms with Crippen LogP contribution in [0.3, 0.4) is 0 Å². The quantitative estimate of drug-likeness (QED) is 0.288. The number of piperidine rings is 1. The highest BCUT2D eigenvalue weighted by Gasteiger charge is 2.31. The van der Waals surface area contributed by atoms with Gasteiger partial charge in [0.25, 0.3) is 5.91 Å². The molecular formula is C30H30N6O2. The first-order valence-corrected chi connectivity index (χ1v) is 13.0. The molecule has 0 unspecified atom stereocenters. The second kappa shape index (κ2) is 9.79. The molecule has 0 aliphatic carbocycles. The lowest BCUT2D eigenvalue weighted by molar-refractivity contribution is -0.110. The summed E-state index contributed by atoms with van der Waals surface area (Å²) in [6.45, 7) is 5.44. The molecule has 3 aromatic carbocycles. The molecule has 0 spiro atoms. The average Bonchev–Trinajstić information content (AvgIpc) is 3.50. The van der Waals surface area contributed by atoms with Gasteiger partial charge in [0.15, 0.2) is 0 Å². The Morgan fingerprint density at radius 2 is 1.84 bits per heavy atom. The van der Waals surface area contributed by atoms with Crippen molar-refractivity contribution in [2.45, 2.75) is 25.8 Å². The van der Waals surface area contributed by atoms with Crippen LogP contribution in [0.5, 0.6) is 0 Å². The number of benzene rings is 3. The average molecular weight is 507 g/mol. The lowest BCUT2D eigenvalue weighted by Gasteiger charge is -2.32. The van der Waals surface area contributed by atoms with Crippen molar-refractivity contribution < 1.29 is 9.59 Å². The van der Waals surface area contributed by atoms with Crippen molar-refractivity contribution in [2.75, 3.05) is 30.3 Å². The Balaban J connectivity index is 1.48. The number of nitrogens with one attached hydrogen (secondary N) is 3. The first-order chi connectivity index (χ1) is 18.5.